The molecular formula is C24H29ClN2O5S. The molecule has 1 aliphatic heterocycles. The Morgan fingerprint density at radius 3 is 2.21 bits per heavy atom. The van der Waals surface area contributed by atoms with Gasteiger partial charge in [-0.25, -0.2) is 8.42 Å². The number of carbonyl (C=O) groups is 2. The summed E-state index contributed by atoms with van der Waals surface area (Å²) in [6.07, 6.45) is 1.51. The van der Waals surface area contributed by atoms with Crippen molar-refractivity contribution in [2.24, 2.45) is 5.92 Å². The number of aliphatic carboxylic acids is 1. The van der Waals surface area contributed by atoms with Crippen LogP contribution in [0.5, 0.6) is 0 Å². The largest absolute Gasteiger partial charge is 0.480 e. The number of halogens is 1. The molecule has 0 radical (unpaired) electrons. The predicted octanol–water partition coefficient (Wildman–Crippen LogP) is 4.17. The molecule has 0 saturated carbocycles. The first-order valence-corrected chi connectivity index (χ1v) is 12.8. The Bertz CT molecular complexity index is 1080. The van der Waals surface area contributed by atoms with E-state index in [0.717, 1.165) is 21.9 Å². The van der Waals surface area contributed by atoms with E-state index >= 15 is 0 Å². The van der Waals surface area contributed by atoms with Gasteiger partial charge < -0.3 is 10.4 Å². The van der Waals surface area contributed by atoms with E-state index in [0.29, 0.717) is 23.8 Å². The first kappa shape index (κ1) is 25.2. The summed E-state index contributed by atoms with van der Waals surface area (Å²) in [6.45, 7) is 4.07. The Morgan fingerprint density at radius 2 is 1.67 bits per heavy atom. The lowest BCUT2D eigenvalue weighted by atomic mass is 9.99. The molecule has 2 aromatic carbocycles. The third-order valence-electron chi connectivity index (χ3n) is 5.79. The van der Waals surface area contributed by atoms with Gasteiger partial charge in [0.2, 0.25) is 15.9 Å². The van der Waals surface area contributed by atoms with Crippen molar-refractivity contribution in [2.45, 2.75) is 56.5 Å². The van der Waals surface area contributed by atoms with E-state index in [2.05, 4.69) is 5.32 Å². The molecular weight excluding hydrogens is 464 g/mol. The highest BCUT2D eigenvalue weighted by molar-refractivity contribution is 7.89. The summed E-state index contributed by atoms with van der Waals surface area (Å²) in [4.78, 5) is 24.1. The van der Waals surface area contributed by atoms with Crippen molar-refractivity contribution in [3.8, 4) is 11.1 Å². The van der Waals surface area contributed by atoms with Crippen LogP contribution in [0.4, 0.5) is 0 Å². The van der Waals surface area contributed by atoms with Crippen LogP contribution in [-0.2, 0) is 19.6 Å². The van der Waals surface area contributed by atoms with Crippen LogP contribution in [-0.4, -0.2) is 48.3 Å². The molecule has 9 heteroatoms. The molecule has 2 aromatic rings. The molecule has 2 atom stereocenters. The Hall–Kier alpha value is -2.42. The number of sulfonamides is 1. The lowest BCUT2D eigenvalue weighted by Gasteiger charge is -2.36. The predicted molar refractivity (Wildman–Crippen MR) is 127 cm³/mol. The molecule has 7 nitrogen and oxygen atoms in total. The van der Waals surface area contributed by atoms with E-state index in [1.807, 2.05) is 26.0 Å². The van der Waals surface area contributed by atoms with Crippen LogP contribution in [0, 0.1) is 5.92 Å². The highest BCUT2D eigenvalue weighted by Crippen LogP contribution is 2.28. The SMILES string of the molecule is CC(C)CCC(=O)N[C@@H]1CCN(S(=O)(=O)c2ccc(-c3ccc(Cl)cc3)cc2)[C@@H](C(=O)O)C1. The van der Waals surface area contributed by atoms with Gasteiger partial charge in [0.1, 0.15) is 6.04 Å². The summed E-state index contributed by atoms with van der Waals surface area (Å²) in [5, 5.41) is 13.2. The summed E-state index contributed by atoms with van der Waals surface area (Å²) in [7, 11) is -4.02. The van der Waals surface area contributed by atoms with E-state index in [9.17, 15) is 23.1 Å². The maximum absolute atomic E-state index is 13.3. The summed E-state index contributed by atoms with van der Waals surface area (Å²) in [5.74, 6) is -0.968. The second-order valence-electron chi connectivity index (χ2n) is 8.72. The smallest absolute Gasteiger partial charge is 0.322 e. The molecule has 3 rings (SSSR count). The number of hydrogen-bond donors (Lipinski definition) is 2. The van der Waals surface area contributed by atoms with Crippen LogP contribution in [0.2, 0.25) is 5.02 Å². The lowest BCUT2D eigenvalue weighted by Crippen LogP contribution is -2.54. The Balaban J connectivity index is 1.73. The van der Waals surface area contributed by atoms with Gasteiger partial charge in [-0.3, -0.25) is 9.59 Å². The van der Waals surface area contributed by atoms with E-state index < -0.39 is 22.0 Å². The average Bonchev–Trinajstić information content (AvgIpc) is 2.78. The Morgan fingerprint density at radius 1 is 1.09 bits per heavy atom. The van der Waals surface area contributed by atoms with Gasteiger partial charge in [-0.2, -0.15) is 4.31 Å². The van der Waals surface area contributed by atoms with Crippen molar-refractivity contribution in [1.29, 1.82) is 0 Å². The first-order chi connectivity index (χ1) is 15.6. The Kier molecular flexibility index (Phi) is 8.15. The molecule has 0 bridgehead atoms. The molecule has 1 heterocycles. The zero-order chi connectivity index (χ0) is 24.2. The minimum atomic E-state index is -4.02. The van der Waals surface area contributed by atoms with Crippen molar-refractivity contribution in [3.63, 3.8) is 0 Å². The number of carboxylic acids is 1. The summed E-state index contributed by atoms with van der Waals surface area (Å²) < 4.78 is 27.5. The number of benzene rings is 2. The Labute approximate surface area is 199 Å². The number of piperidine rings is 1. The van der Waals surface area contributed by atoms with E-state index in [4.69, 9.17) is 11.6 Å². The number of carboxylic acid groups (broad SMARTS) is 1. The summed E-state index contributed by atoms with van der Waals surface area (Å²) in [5.41, 5.74) is 1.71. The molecule has 0 aliphatic carbocycles. The van der Waals surface area contributed by atoms with Crippen molar-refractivity contribution in [3.05, 3.63) is 53.6 Å². The van der Waals surface area contributed by atoms with Crippen molar-refractivity contribution >= 4 is 33.5 Å². The second kappa shape index (κ2) is 10.7. The minimum Gasteiger partial charge on any atom is -0.480 e. The number of amides is 1. The van der Waals surface area contributed by atoms with Crippen LogP contribution in [0.1, 0.15) is 39.5 Å². The van der Waals surface area contributed by atoms with E-state index in [-0.39, 0.29) is 29.8 Å². The van der Waals surface area contributed by atoms with Crippen LogP contribution < -0.4 is 5.32 Å². The maximum Gasteiger partial charge on any atom is 0.322 e. The fourth-order valence-corrected chi connectivity index (χ4v) is 5.64. The monoisotopic (exact) mass is 492 g/mol. The molecule has 2 N–H and O–H groups in total. The number of nitrogens with zero attached hydrogens (tertiary/aromatic N) is 1. The molecule has 1 aliphatic rings. The highest BCUT2D eigenvalue weighted by Gasteiger charge is 2.41. The van der Waals surface area contributed by atoms with E-state index in [1.54, 1.807) is 24.3 Å². The van der Waals surface area contributed by atoms with Gasteiger partial charge in [0.25, 0.3) is 0 Å². The molecule has 1 fully saturated rings. The third kappa shape index (κ3) is 6.34. The summed E-state index contributed by atoms with van der Waals surface area (Å²) >= 11 is 5.92. The van der Waals surface area contributed by atoms with Gasteiger partial charge in [0.05, 0.1) is 4.90 Å². The normalized spacial score (nSPS) is 19.4. The zero-order valence-corrected chi connectivity index (χ0v) is 20.3. The van der Waals surface area contributed by atoms with Crippen molar-refractivity contribution in [1.82, 2.24) is 9.62 Å². The maximum atomic E-state index is 13.3. The van der Waals surface area contributed by atoms with Gasteiger partial charge in [-0.05, 0) is 60.6 Å². The third-order valence-corrected chi connectivity index (χ3v) is 7.97. The molecule has 0 unspecified atom stereocenters. The second-order valence-corrected chi connectivity index (χ2v) is 11.0. The minimum absolute atomic E-state index is 0.0212. The van der Waals surface area contributed by atoms with E-state index in [1.165, 1.54) is 12.1 Å². The van der Waals surface area contributed by atoms with Gasteiger partial charge in [-0.15, -0.1) is 0 Å². The van der Waals surface area contributed by atoms with Gasteiger partial charge in [-0.1, -0.05) is 49.7 Å². The molecule has 1 amide bonds. The lowest BCUT2D eigenvalue weighted by molar-refractivity contribution is -0.143. The fraction of sp³-hybridized carbons (Fsp3) is 0.417. The highest BCUT2D eigenvalue weighted by atomic mass is 35.5. The van der Waals surface area contributed by atoms with Crippen LogP contribution in [0.15, 0.2) is 53.4 Å². The van der Waals surface area contributed by atoms with Gasteiger partial charge >= 0.3 is 5.97 Å². The average molecular weight is 493 g/mol. The zero-order valence-electron chi connectivity index (χ0n) is 18.7. The first-order valence-electron chi connectivity index (χ1n) is 11.0. The number of nitrogens with one attached hydrogen (secondary N) is 1. The van der Waals surface area contributed by atoms with Gasteiger partial charge in [0.15, 0.2) is 0 Å². The van der Waals surface area contributed by atoms with Crippen LogP contribution in [0.25, 0.3) is 11.1 Å². The number of carbonyl (C=O) groups excluding carboxylic acids is 1. The quantitative estimate of drug-likeness (QED) is 0.575. The molecule has 33 heavy (non-hydrogen) atoms. The number of hydrogen-bond acceptors (Lipinski definition) is 4. The van der Waals surface area contributed by atoms with Crippen molar-refractivity contribution in [2.75, 3.05) is 6.54 Å². The number of rotatable bonds is 8. The van der Waals surface area contributed by atoms with Crippen molar-refractivity contribution < 1.29 is 23.1 Å². The fourth-order valence-electron chi connectivity index (χ4n) is 3.90. The standard InChI is InChI=1S/C24H29ClN2O5S/c1-16(2)3-12-23(28)26-20-13-14-27(22(15-20)24(29)30)33(31,32)21-10-6-18(7-11-21)17-4-8-19(25)9-5-17/h4-11,16,20,22H,3,12-15H2,1-2H3,(H,26,28)(H,29,30)/t20-,22-/m1/s1. The summed E-state index contributed by atoms with van der Waals surface area (Å²) in [6, 6.07) is 11.9. The molecule has 0 aromatic heterocycles. The molecule has 178 valence electrons. The topological polar surface area (TPSA) is 104 Å². The van der Waals surface area contributed by atoms with Gasteiger partial charge in [0, 0.05) is 24.0 Å². The van der Waals surface area contributed by atoms with Crippen LogP contribution >= 0.6 is 11.6 Å². The molecule has 0 spiro atoms. The van der Waals surface area contributed by atoms with Crippen LogP contribution in [0.3, 0.4) is 0 Å². The molecule has 1 saturated heterocycles.